The van der Waals surface area contributed by atoms with Crippen LogP contribution in [0.2, 0.25) is 0 Å². The lowest BCUT2D eigenvalue weighted by molar-refractivity contribution is -0.117. The Bertz CT molecular complexity index is 1140. The molecule has 3 rings (SSSR count). The van der Waals surface area contributed by atoms with Crippen LogP contribution in [-0.2, 0) is 4.79 Å². The Hall–Kier alpha value is -3.13. The molecule has 0 fully saturated rings. The van der Waals surface area contributed by atoms with Crippen molar-refractivity contribution in [2.75, 3.05) is 12.3 Å². The average molecular weight is 439 g/mol. The van der Waals surface area contributed by atoms with Gasteiger partial charge in [-0.2, -0.15) is 0 Å². The highest BCUT2D eigenvalue weighted by Gasteiger charge is 2.15. The number of carbonyl (C=O) groups is 2. The summed E-state index contributed by atoms with van der Waals surface area (Å²) in [6.45, 7) is 6.59. The molecule has 8 heteroatoms. The maximum atomic E-state index is 13.2. The number of urea groups is 1. The Morgan fingerprint density at radius 1 is 1.10 bits per heavy atom. The summed E-state index contributed by atoms with van der Waals surface area (Å²) in [5, 5.41) is 5.88. The van der Waals surface area contributed by atoms with E-state index < -0.39 is 11.9 Å². The molecular formula is C23H26N4O3S. The van der Waals surface area contributed by atoms with E-state index in [2.05, 4.69) is 29.5 Å². The van der Waals surface area contributed by atoms with Gasteiger partial charge in [-0.3, -0.25) is 19.5 Å². The highest BCUT2D eigenvalue weighted by atomic mass is 32.2. The SMILES string of the molecule is Cc1ccc(-n2c(SCC(=O)NC(=O)NCCC(C)C)nc3ccccc3c2=O)cc1. The predicted octanol–water partition coefficient (Wildman–Crippen LogP) is 3.66. The Kier molecular flexibility index (Phi) is 7.46. The van der Waals surface area contributed by atoms with E-state index in [1.807, 2.05) is 37.3 Å². The first-order valence-corrected chi connectivity index (χ1v) is 11.1. The van der Waals surface area contributed by atoms with E-state index in [9.17, 15) is 14.4 Å². The van der Waals surface area contributed by atoms with Crippen molar-refractivity contribution >= 4 is 34.6 Å². The number of benzene rings is 2. The number of aryl methyl sites for hydroxylation is 1. The van der Waals surface area contributed by atoms with Crippen LogP contribution < -0.4 is 16.2 Å². The van der Waals surface area contributed by atoms with Crippen molar-refractivity contribution in [3.8, 4) is 5.69 Å². The van der Waals surface area contributed by atoms with Crippen LogP contribution in [-0.4, -0.2) is 33.8 Å². The Morgan fingerprint density at radius 2 is 1.81 bits per heavy atom. The number of hydrogen-bond acceptors (Lipinski definition) is 5. The van der Waals surface area contributed by atoms with Gasteiger partial charge in [-0.05, 0) is 43.5 Å². The minimum Gasteiger partial charge on any atom is -0.338 e. The summed E-state index contributed by atoms with van der Waals surface area (Å²) in [5.74, 6) is -0.0391. The fraction of sp³-hybridized carbons (Fsp3) is 0.304. The lowest BCUT2D eigenvalue weighted by Gasteiger charge is -2.13. The summed E-state index contributed by atoms with van der Waals surface area (Å²) in [5.41, 5.74) is 2.10. The molecule has 3 aromatic rings. The van der Waals surface area contributed by atoms with Gasteiger partial charge in [0.05, 0.1) is 22.3 Å². The van der Waals surface area contributed by atoms with E-state index in [4.69, 9.17) is 0 Å². The third-order valence-electron chi connectivity index (χ3n) is 4.63. The van der Waals surface area contributed by atoms with Gasteiger partial charge in [0.2, 0.25) is 5.91 Å². The number of carbonyl (C=O) groups excluding carboxylic acids is 2. The summed E-state index contributed by atoms with van der Waals surface area (Å²) in [6, 6.07) is 14.1. The molecule has 3 amide bonds. The van der Waals surface area contributed by atoms with Gasteiger partial charge in [0.15, 0.2) is 5.16 Å². The van der Waals surface area contributed by atoms with Crippen LogP contribution in [0.15, 0.2) is 58.5 Å². The van der Waals surface area contributed by atoms with E-state index in [0.29, 0.717) is 34.2 Å². The zero-order chi connectivity index (χ0) is 22.4. The first kappa shape index (κ1) is 22.6. The molecule has 0 atom stereocenters. The molecule has 1 aromatic heterocycles. The van der Waals surface area contributed by atoms with Crippen LogP contribution >= 0.6 is 11.8 Å². The quantitative estimate of drug-likeness (QED) is 0.434. The van der Waals surface area contributed by atoms with Crippen LogP contribution in [0.5, 0.6) is 0 Å². The number of thioether (sulfide) groups is 1. The van der Waals surface area contributed by atoms with Gasteiger partial charge in [-0.25, -0.2) is 9.78 Å². The minimum atomic E-state index is -0.520. The van der Waals surface area contributed by atoms with Gasteiger partial charge in [0, 0.05) is 6.54 Å². The number of imide groups is 1. The molecule has 0 aliphatic carbocycles. The molecule has 0 bridgehead atoms. The normalized spacial score (nSPS) is 11.0. The molecule has 2 aromatic carbocycles. The maximum Gasteiger partial charge on any atom is 0.321 e. The molecule has 0 aliphatic heterocycles. The number of nitrogens with one attached hydrogen (secondary N) is 2. The fourth-order valence-electron chi connectivity index (χ4n) is 2.94. The second-order valence-corrected chi connectivity index (χ2v) is 8.61. The third-order valence-corrected chi connectivity index (χ3v) is 5.57. The van der Waals surface area contributed by atoms with E-state index >= 15 is 0 Å². The maximum absolute atomic E-state index is 13.2. The van der Waals surface area contributed by atoms with Gasteiger partial charge in [-0.1, -0.05) is 55.4 Å². The van der Waals surface area contributed by atoms with Crippen LogP contribution in [0, 0.1) is 12.8 Å². The number of nitrogens with zero attached hydrogens (tertiary/aromatic N) is 2. The van der Waals surface area contributed by atoms with Gasteiger partial charge >= 0.3 is 6.03 Å². The Morgan fingerprint density at radius 3 is 2.52 bits per heavy atom. The van der Waals surface area contributed by atoms with E-state index in [1.54, 1.807) is 18.2 Å². The minimum absolute atomic E-state index is 0.0474. The fourth-order valence-corrected chi connectivity index (χ4v) is 3.75. The number of aromatic nitrogens is 2. The Balaban J connectivity index is 1.80. The number of fused-ring (bicyclic) bond motifs is 1. The summed E-state index contributed by atoms with van der Waals surface area (Å²) in [6.07, 6.45) is 0.834. The summed E-state index contributed by atoms with van der Waals surface area (Å²) >= 11 is 1.11. The average Bonchev–Trinajstić information content (AvgIpc) is 2.73. The van der Waals surface area contributed by atoms with Gasteiger partial charge in [-0.15, -0.1) is 0 Å². The summed E-state index contributed by atoms with van der Waals surface area (Å²) in [4.78, 5) is 41.9. The molecule has 31 heavy (non-hydrogen) atoms. The lowest BCUT2D eigenvalue weighted by atomic mass is 10.1. The van der Waals surface area contributed by atoms with Crippen molar-refractivity contribution in [2.45, 2.75) is 32.3 Å². The third kappa shape index (κ3) is 5.95. The van der Waals surface area contributed by atoms with E-state index in [-0.39, 0.29) is 11.3 Å². The first-order chi connectivity index (χ1) is 14.8. The van der Waals surface area contributed by atoms with E-state index in [0.717, 1.165) is 23.7 Å². The highest BCUT2D eigenvalue weighted by molar-refractivity contribution is 7.99. The monoisotopic (exact) mass is 438 g/mol. The standard InChI is InChI=1S/C23H26N4O3S/c1-15(2)12-13-24-22(30)26-20(28)14-31-23-25-19-7-5-4-6-18(19)21(29)27(23)17-10-8-16(3)9-11-17/h4-11,15H,12-14H2,1-3H3,(H2,24,26,28,30). The van der Waals surface area contributed by atoms with Crippen molar-refractivity contribution in [1.29, 1.82) is 0 Å². The number of amides is 3. The van der Waals surface area contributed by atoms with Crippen molar-refractivity contribution < 1.29 is 9.59 Å². The van der Waals surface area contributed by atoms with Gasteiger partial charge in [0.1, 0.15) is 0 Å². The number of rotatable bonds is 7. The zero-order valence-corrected chi connectivity index (χ0v) is 18.7. The molecule has 7 nitrogen and oxygen atoms in total. The van der Waals surface area contributed by atoms with E-state index in [1.165, 1.54) is 4.57 Å². The second-order valence-electron chi connectivity index (χ2n) is 7.66. The lowest BCUT2D eigenvalue weighted by Crippen LogP contribution is -2.41. The van der Waals surface area contributed by atoms with Crippen molar-refractivity contribution in [3.05, 3.63) is 64.4 Å². The topological polar surface area (TPSA) is 93.1 Å². The molecule has 0 radical (unpaired) electrons. The molecule has 0 aliphatic rings. The molecular weight excluding hydrogens is 412 g/mol. The summed E-state index contributed by atoms with van der Waals surface area (Å²) in [7, 11) is 0. The van der Waals surface area contributed by atoms with Gasteiger partial charge in [0.25, 0.3) is 5.56 Å². The molecule has 0 spiro atoms. The van der Waals surface area contributed by atoms with Crippen molar-refractivity contribution in [1.82, 2.24) is 20.2 Å². The highest BCUT2D eigenvalue weighted by Crippen LogP contribution is 2.21. The summed E-state index contributed by atoms with van der Waals surface area (Å²) < 4.78 is 1.50. The Labute approximate surface area is 185 Å². The molecule has 0 saturated heterocycles. The predicted molar refractivity (Wildman–Crippen MR) is 124 cm³/mol. The van der Waals surface area contributed by atoms with Crippen LogP contribution in [0.25, 0.3) is 16.6 Å². The zero-order valence-electron chi connectivity index (χ0n) is 17.8. The van der Waals surface area contributed by atoms with Crippen LogP contribution in [0.3, 0.4) is 0 Å². The molecule has 1 heterocycles. The molecule has 0 saturated carbocycles. The smallest absolute Gasteiger partial charge is 0.321 e. The second kappa shape index (κ2) is 10.3. The number of hydrogen-bond donors (Lipinski definition) is 2. The largest absolute Gasteiger partial charge is 0.338 e. The van der Waals surface area contributed by atoms with Crippen LogP contribution in [0.4, 0.5) is 4.79 Å². The molecule has 162 valence electrons. The first-order valence-electron chi connectivity index (χ1n) is 10.1. The number of para-hydroxylation sites is 1. The van der Waals surface area contributed by atoms with Gasteiger partial charge < -0.3 is 5.32 Å². The molecule has 2 N–H and O–H groups in total. The van der Waals surface area contributed by atoms with Crippen LogP contribution in [0.1, 0.15) is 25.8 Å². The molecule has 0 unspecified atom stereocenters. The van der Waals surface area contributed by atoms with Crippen molar-refractivity contribution in [3.63, 3.8) is 0 Å². The van der Waals surface area contributed by atoms with Crippen molar-refractivity contribution in [2.24, 2.45) is 5.92 Å².